The first-order valence-electron chi connectivity index (χ1n) is 5.68. The average molecular weight is 267 g/mol. The molecule has 6 nitrogen and oxygen atoms in total. The first-order valence-corrected chi connectivity index (χ1v) is 5.68. The van der Waals surface area contributed by atoms with Crippen LogP contribution in [0.15, 0.2) is 17.1 Å². The van der Waals surface area contributed by atoms with E-state index in [0.717, 1.165) is 0 Å². The van der Waals surface area contributed by atoms with Gasteiger partial charge < -0.3 is 14.0 Å². The Morgan fingerprint density at radius 2 is 1.84 bits per heavy atom. The van der Waals surface area contributed by atoms with Gasteiger partial charge in [0.05, 0.1) is 12.5 Å². The van der Waals surface area contributed by atoms with Crippen molar-refractivity contribution in [3.8, 4) is 5.75 Å². The Bertz CT molecular complexity index is 565. The zero-order valence-electron chi connectivity index (χ0n) is 11.6. The van der Waals surface area contributed by atoms with Crippen LogP contribution in [0.1, 0.15) is 31.1 Å². The lowest BCUT2D eigenvalue weighted by atomic mass is 9.97. The molecule has 1 heterocycles. The molecule has 0 N–H and O–H groups in total. The molecule has 0 unspecified atom stereocenters. The van der Waals surface area contributed by atoms with Crippen LogP contribution in [0.2, 0.25) is 0 Å². The van der Waals surface area contributed by atoms with Crippen molar-refractivity contribution >= 4 is 11.9 Å². The minimum atomic E-state index is -0.783. The molecule has 0 aromatic carbocycles. The van der Waals surface area contributed by atoms with Gasteiger partial charge >= 0.3 is 11.9 Å². The molecule has 0 spiro atoms. The quantitative estimate of drug-likeness (QED) is 0.751. The number of aromatic nitrogens is 1. The van der Waals surface area contributed by atoms with E-state index in [4.69, 9.17) is 4.74 Å². The van der Waals surface area contributed by atoms with E-state index in [-0.39, 0.29) is 11.3 Å². The molecule has 19 heavy (non-hydrogen) atoms. The maximum Gasteiger partial charge on any atom is 0.341 e. The molecular formula is C13H17NO5. The molecule has 0 radical (unpaired) electrons. The van der Waals surface area contributed by atoms with Gasteiger partial charge in [-0.05, 0) is 26.8 Å². The highest BCUT2D eigenvalue weighted by atomic mass is 16.5. The number of nitrogens with zero attached hydrogens (tertiary/aromatic N) is 1. The second kappa shape index (κ2) is 5.26. The maximum atomic E-state index is 12.0. The summed E-state index contributed by atoms with van der Waals surface area (Å²) in [7, 11) is 2.69. The standard InChI is InChI=1S/C13H17NO5/c1-13(2,3)12(17)19-9-8(11(16)18-5)6-7-14(4)10(9)15/h6-7H,1-5H3. The van der Waals surface area contributed by atoms with Crippen LogP contribution in [-0.2, 0) is 16.6 Å². The van der Waals surface area contributed by atoms with Crippen LogP contribution in [0.5, 0.6) is 5.75 Å². The van der Waals surface area contributed by atoms with Crippen molar-refractivity contribution in [1.82, 2.24) is 4.57 Å². The Labute approximate surface area is 110 Å². The summed E-state index contributed by atoms with van der Waals surface area (Å²) in [6.07, 6.45) is 1.41. The van der Waals surface area contributed by atoms with Gasteiger partial charge in [-0.2, -0.15) is 0 Å². The lowest BCUT2D eigenvalue weighted by Gasteiger charge is -2.17. The number of hydrogen-bond acceptors (Lipinski definition) is 5. The van der Waals surface area contributed by atoms with Crippen LogP contribution in [0, 0.1) is 5.41 Å². The molecule has 1 aromatic heterocycles. The van der Waals surface area contributed by atoms with Gasteiger partial charge in [-0.3, -0.25) is 9.59 Å². The molecule has 0 atom stereocenters. The number of carbonyl (C=O) groups is 2. The molecule has 0 saturated carbocycles. The van der Waals surface area contributed by atoms with E-state index in [1.807, 2.05) is 0 Å². The lowest BCUT2D eigenvalue weighted by Crippen LogP contribution is -2.31. The molecule has 0 aliphatic heterocycles. The van der Waals surface area contributed by atoms with Crippen molar-refractivity contribution in [3.63, 3.8) is 0 Å². The SMILES string of the molecule is COC(=O)c1ccn(C)c(=O)c1OC(=O)C(C)(C)C. The highest BCUT2D eigenvalue weighted by Gasteiger charge is 2.27. The number of carbonyl (C=O) groups excluding carboxylic acids is 2. The predicted octanol–water partition coefficient (Wildman–Crippen LogP) is 1.12. The van der Waals surface area contributed by atoms with E-state index in [1.165, 1.54) is 31.0 Å². The number of hydrogen-bond donors (Lipinski definition) is 0. The fraction of sp³-hybridized carbons (Fsp3) is 0.462. The summed E-state index contributed by atoms with van der Waals surface area (Å²) >= 11 is 0. The fourth-order valence-corrected chi connectivity index (χ4v) is 1.22. The molecule has 0 bridgehead atoms. The van der Waals surface area contributed by atoms with Gasteiger partial charge in [-0.15, -0.1) is 0 Å². The molecule has 0 saturated heterocycles. The minimum Gasteiger partial charge on any atom is -0.465 e. The second-order valence-electron chi connectivity index (χ2n) is 5.11. The van der Waals surface area contributed by atoms with Gasteiger partial charge in [-0.1, -0.05) is 0 Å². The normalized spacial score (nSPS) is 11.0. The van der Waals surface area contributed by atoms with E-state index >= 15 is 0 Å². The number of rotatable bonds is 2. The molecule has 0 aliphatic rings. The highest BCUT2D eigenvalue weighted by Crippen LogP contribution is 2.20. The van der Waals surface area contributed by atoms with Crippen LogP contribution >= 0.6 is 0 Å². The van der Waals surface area contributed by atoms with Gasteiger partial charge in [0.25, 0.3) is 5.56 Å². The molecular weight excluding hydrogens is 250 g/mol. The largest absolute Gasteiger partial charge is 0.465 e. The van der Waals surface area contributed by atoms with Crippen molar-refractivity contribution in [3.05, 3.63) is 28.2 Å². The van der Waals surface area contributed by atoms with E-state index in [1.54, 1.807) is 20.8 Å². The van der Waals surface area contributed by atoms with Gasteiger partial charge in [0.2, 0.25) is 5.75 Å². The average Bonchev–Trinajstić information content (AvgIpc) is 2.33. The van der Waals surface area contributed by atoms with E-state index in [2.05, 4.69) is 4.74 Å². The minimum absolute atomic E-state index is 0.0665. The van der Waals surface area contributed by atoms with E-state index in [0.29, 0.717) is 0 Å². The first-order chi connectivity index (χ1) is 8.68. The summed E-state index contributed by atoms with van der Waals surface area (Å²) in [6, 6.07) is 1.37. The van der Waals surface area contributed by atoms with Crippen LogP contribution < -0.4 is 10.3 Å². The third-order valence-electron chi connectivity index (χ3n) is 2.44. The highest BCUT2D eigenvalue weighted by molar-refractivity contribution is 5.93. The first kappa shape index (κ1) is 14.9. The number of esters is 2. The maximum absolute atomic E-state index is 12.0. The van der Waals surface area contributed by atoms with Crippen LogP contribution in [0.25, 0.3) is 0 Å². The van der Waals surface area contributed by atoms with Gasteiger partial charge in [0, 0.05) is 13.2 Å². The summed E-state index contributed by atoms with van der Waals surface area (Å²) in [6.45, 7) is 4.96. The summed E-state index contributed by atoms with van der Waals surface area (Å²) in [5, 5.41) is 0. The number of aryl methyl sites for hydroxylation is 1. The summed E-state index contributed by atoms with van der Waals surface area (Å²) in [5.41, 5.74) is -1.42. The Morgan fingerprint density at radius 1 is 1.26 bits per heavy atom. The zero-order chi connectivity index (χ0) is 14.8. The predicted molar refractivity (Wildman–Crippen MR) is 68.1 cm³/mol. The Morgan fingerprint density at radius 3 is 2.32 bits per heavy atom. The zero-order valence-corrected chi connectivity index (χ0v) is 11.6. The number of ether oxygens (including phenoxy) is 2. The molecule has 0 amide bonds. The van der Waals surface area contributed by atoms with Crippen molar-refractivity contribution < 1.29 is 19.1 Å². The third-order valence-corrected chi connectivity index (χ3v) is 2.44. The lowest BCUT2D eigenvalue weighted by molar-refractivity contribution is -0.143. The molecule has 104 valence electrons. The Balaban J connectivity index is 3.32. The van der Waals surface area contributed by atoms with Crippen molar-refractivity contribution in [2.75, 3.05) is 7.11 Å². The van der Waals surface area contributed by atoms with Crippen LogP contribution in [-0.4, -0.2) is 23.6 Å². The van der Waals surface area contributed by atoms with E-state index < -0.39 is 22.9 Å². The van der Waals surface area contributed by atoms with Crippen molar-refractivity contribution in [2.24, 2.45) is 12.5 Å². The second-order valence-corrected chi connectivity index (χ2v) is 5.11. The van der Waals surface area contributed by atoms with Gasteiger partial charge in [0.15, 0.2) is 0 Å². The molecule has 1 aromatic rings. The smallest absolute Gasteiger partial charge is 0.341 e. The summed E-state index contributed by atoms with van der Waals surface area (Å²) in [5.74, 6) is -1.63. The summed E-state index contributed by atoms with van der Waals surface area (Å²) < 4.78 is 10.9. The molecule has 0 aliphatic carbocycles. The fourth-order valence-electron chi connectivity index (χ4n) is 1.22. The monoisotopic (exact) mass is 267 g/mol. The van der Waals surface area contributed by atoms with Crippen molar-refractivity contribution in [1.29, 1.82) is 0 Å². The topological polar surface area (TPSA) is 74.6 Å². The van der Waals surface area contributed by atoms with Gasteiger partial charge in [0.1, 0.15) is 5.56 Å². The molecule has 1 rings (SSSR count). The third kappa shape index (κ3) is 3.21. The van der Waals surface area contributed by atoms with Crippen LogP contribution in [0.3, 0.4) is 0 Å². The van der Waals surface area contributed by atoms with Crippen molar-refractivity contribution in [2.45, 2.75) is 20.8 Å². The number of pyridine rings is 1. The number of methoxy groups -OCH3 is 1. The Kier molecular flexibility index (Phi) is 4.14. The van der Waals surface area contributed by atoms with Gasteiger partial charge in [-0.25, -0.2) is 4.79 Å². The van der Waals surface area contributed by atoms with Crippen LogP contribution in [0.4, 0.5) is 0 Å². The Hall–Kier alpha value is -2.11. The summed E-state index contributed by atoms with van der Waals surface area (Å²) in [4.78, 5) is 35.4. The molecule has 0 fully saturated rings. The molecule has 6 heteroatoms. The van der Waals surface area contributed by atoms with E-state index in [9.17, 15) is 14.4 Å².